The zero-order valence-electron chi connectivity index (χ0n) is 12.4. The molecule has 7 heteroatoms. The van der Waals surface area contributed by atoms with Crippen molar-refractivity contribution in [1.82, 2.24) is 10.1 Å². The largest absolute Gasteiger partial charge is 0.369 e. The van der Waals surface area contributed by atoms with Crippen molar-refractivity contribution in [3.63, 3.8) is 0 Å². The lowest BCUT2D eigenvalue weighted by Gasteiger charge is -2.30. The van der Waals surface area contributed by atoms with Crippen LogP contribution >= 0.6 is 11.6 Å². The molecule has 2 amide bonds. The second-order valence-corrected chi connectivity index (χ2v) is 6.02. The second-order valence-electron chi connectivity index (χ2n) is 5.58. The van der Waals surface area contributed by atoms with Gasteiger partial charge in [0, 0.05) is 29.7 Å². The summed E-state index contributed by atoms with van der Waals surface area (Å²) in [4.78, 5) is 25.4. The molecule has 3 rings (SSSR count). The maximum atomic E-state index is 12.5. The summed E-state index contributed by atoms with van der Waals surface area (Å²) in [6.07, 6.45) is 1.46. The van der Waals surface area contributed by atoms with Crippen molar-refractivity contribution in [2.45, 2.75) is 12.8 Å². The number of amides is 2. The second kappa shape index (κ2) is 6.42. The van der Waals surface area contributed by atoms with E-state index >= 15 is 0 Å². The van der Waals surface area contributed by atoms with Crippen molar-refractivity contribution >= 4 is 23.4 Å². The molecule has 1 aliphatic rings. The number of likely N-dealkylation sites (tertiary alicyclic amines) is 1. The van der Waals surface area contributed by atoms with Gasteiger partial charge in [-0.05, 0) is 25.0 Å². The van der Waals surface area contributed by atoms with Gasteiger partial charge in [-0.3, -0.25) is 9.59 Å². The van der Waals surface area contributed by atoms with E-state index in [-0.39, 0.29) is 23.5 Å². The zero-order chi connectivity index (χ0) is 16.4. The molecule has 1 aromatic carbocycles. The van der Waals surface area contributed by atoms with Crippen LogP contribution < -0.4 is 5.73 Å². The van der Waals surface area contributed by atoms with Crippen LogP contribution in [-0.4, -0.2) is 35.0 Å². The Labute approximate surface area is 138 Å². The van der Waals surface area contributed by atoms with E-state index in [1.54, 1.807) is 29.2 Å². The van der Waals surface area contributed by atoms with E-state index in [1.807, 2.05) is 6.07 Å². The Bertz CT molecular complexity index is 744. The molecule has 120 valence electrons. The van der Waals surface area contributed by atoms with E-state index in [4.69, 9.17) is 21.9 Å². The number of primary amides is 1. The minimum Gasteiger partial charge on any atom is -0.369 e. The molecule has 2 aromatic rings. The summed E-state index contributed by atoms with van der Waals surface area (Å²) in [5.74, 6) is -0.815. The number of carbonyl (C=O) groups excluding carboxylic acids is 2. The Kier molecular flexibility index (Phi) is 4.34. The van der Waals surface area contributed by atoms with Crippen molar-refractivity contribution in [1.29, 1.82) is 0 Å². The summed E-state index contributed by atoms with van der Waals surface area (Å²) in [5.41, 5.74) is 6.65. The first kappa shape index (κ1) is 15.6. The SMILES string of the molecule is NC(=O)C1CCCN(C(=O)c2cc(-c3cccc(Cl)c3)no2)C1. The maximum absolute atomic E-state index is 12.5. The molecule has 6 nitrogen and oxygen atoms in total. The molecule has 1 saturated heterocycles. The molecular weight excluding hydrogens is 318 g/mol. The fourth-order valence-electron chi connectivity index (χ4n) is 2.71. The van der Waals surface area contributed by atoms with Gasteiger partial charge in [-0.2, -0.15) is 0 Å². The lowest BCUT2D eigenvalue weighted by Crippen LogP contribution is -2.44. The third-order valence-corrected chi connectivity index (χ3v) is 4.19. The fourth-order valence-corrected chi connectivity index (χ4v) is 2.90. The first-order chi connectivity index (χ1) is 11.0. The number of nitrogens with zero attached hydrogens (tertiary/aromatic N) is 2. The number of aromatic nitrogens is 1. The number of rotatable bonds is 3. The Morgan fingerprint density at radius 3 is 2.91 bits per heavy atom. The number of benzene rings is 1. The summed E-state index contributed by atoms with van der Waals surface area (Å²) >= 11 is 5.95. The average molecular weight is 334 g/mol. The first-order valence-electron chi connectivity index (χ1n) is 7.36. The fraction of sp³-hybridized carbons (Fsp3) is 0.312. The molecule has 2 heterocycles. The quantitative estimate of drug-likeness (QED) is 0.933. The highest BCUT2D eigenvalue weighted by Gasteiger charge is 2.29. The molecule has 1 atom stereocenters. The summed E-state index contributed by atoms with van der Waals surface area (Å²) in [5, 5.41) is 4.51. The van der Waals surface area contributed by atoms with Crippen LogP contribution in [-0.2, 0) is 4.79 Å². The number of nitrogens with two attached hydrogens (primary N) is 1. The van der Waals surface area contributed by atoms with E-state index in [2.05, 4.69) is 5.16 Å². The highest BCUT2D eigenvalue weighted by atomic mass is 35.5. The van der Waals surface area contributed by atoms with Crippen molar-refractivity contribution < 1.29 is 14.1 Å². The first-order valence-corrected chi connectivity index (χ1v) is 7.73. The molecule has 0 aliphatic carbocycles. The smallest absolute Gasteiger partial charge is 0.292 e. The Morgan fingerprint density at radius 2 is 2.17 bits per heavy atom. The lowest BCUT2D eigenvalue weighted by molar-refractivity contribution is -0.123. The number of halogens is 1. The molecule has 0 radical (unpaired) electrons. The van der Waals surface area contributed by atoms with Gasteiger partial charge in [-0.15, -0.1) is 0 Å². The third-order valence-electron chi connectivity index (χ3n) is 3.95. The zero-order valence-corrected chi connectivity index (χ0v) is 13.1. The van der Waals surface area contributed by atoms with Crippen LogP contribution in [0.3, 0.4) is 0 Å². The maximum Gasteiger partial charge on any atom is 0.292 e. The van der Waals surface area contributed by atoms with Crippen molar-refractivity contribution in [3.8, 4) is 11.3 Å². The Hall–Kier alpha value is -2.34. The minimum atomic E-state index is -0.375. The van der Waals surface area contributed by atoms with E-state index in [0.29, 0.717) is 30.2 Å². The monoisotopic (exact) mass is 333 g/mol. The molecule has 1 aromatic heterocycles. The number of hydrogen-bond acceptors (Lipinski definition) is 4. The van der Waals surface area contributed by atoms with Crippen LogP contribution in [0, 0.1) is 5.92 Å². The van der Waals surface area contributed by atoms with Crippen LogP contribution in [0.2, 0.25) is 5.02 Å². The van der Waals surface area contributed by atoms with Gasteiger partial charge in [0.1, 0.15) is 5.69 Å². The van der Waals surface area contributed by atoms with Gasteiger partial charge in [0.05, 0.1) is 5.92 Å². The standard InChI is InChI=1S/C16H16ClN3O3/c17-12-5-1-3-10(7-12)13-8-14(23-19-13)16(22)20-6-2-4-11(9-20)15(18)21/h1,3,5,7-8,11H,2,4,6,9H2,(H2,18,21). The van der Waals surface area contributed by atoms with Gasteiger partial charge in [-0.25, -0.2) is 0 Å². The molecule has 1 aliphatic heterocycles. The molecule has 23 heavy (non-hydrogen) atoms. The van der Waals surface area contributed by atoms with Crippen LogP contribution in [0.1, 0.15) is 23.4 Å². The van der Waals surface area contributed by atoms with E-state index in [9.17, 15) is 9.59 Å². The topological polar surface area (TPSA) is 89.4 Å². The Balaban J connectivity index is 1.77. The van der Waals surface area contributed by atoms with Gasteiger partial charge in [0.25, 0.3) is 5.91 Å². The van der Waals surface area contributed by atoms with Gasteiger partial charge in [-0.1, -0.05) is 28.9 Å². The highest BCUT2D eigenvalue weighted by molar-refractivity contribution is 6.30. The van der Waals surface area contributed by atoms with Crippen molar-refractivity contribution in [2.75, 3.05) is 13.1 Å². The molecule has 1 unspecified atom stereocenters. The van der Waals surface area contributed by atoms with E-state index in [0.717, 1.165) is 12.0 Å². The highest BCUT2D eigenvalue weighted by Crippen LogP contribution is 2.24. The van der Waals surface area contributed by atoms with Crippen molar-refractivity contribution in [2.24, 2.45) is 11.7 Å². The predicted octanol–water partition coefficient (Wildman–Crippen LogP) is 2.33. The van der Waals surface area contributed by atoms with E-state index in [1.165, 1.54) is 0 Å². The molecule has 0 spiro atoms. The molecule has 0 saturated carbocycles. The number of carbonyl (C=O) groups is 2. The van der Waals surface area contributed by atoms with Crippen molar-refractivity contribution in [3.05, 3.63) is 41.1 Å². The molecule has 2 N–H and O–H groups in total. The van der Waals surface area contributed by atoms with Gasteiger partial charge >= 0.3 is 0 Å². The van der Waals surface area contributed by atoms with Gasteiger partial charge in [0.2, 0.25) is 11.7 Å². The number of piperidine rings is 1. The van der Waals surface area contributed by atoms with Crippen LogP contribution in [0.15, 0.2) is 34.9 Å². The minimum absolute atomic E-state index is 0.144. The summed E-state index contributed by atoms with van der Waals surface area (Å²) < 4.78 is 5.17. The predicted molar refractivity (Wildman–Crippen MR) is 84.8 cm³/mol. The molecule has 0 bridgehead atoms. The van der Waals surface area contributed by atoms with Crippen LogP contribution in [0.25, 0.3) is 11.3 Å². The summed E-state index contributed by atoms with van der Waals surface area (Å²) in [7, 11) is 0. The lowest BCUT2D eigenvalue weighted by atomic mass is 9.97. The van der Waals surface area contributed by atoms with Crippen LogP contribution in [0.4, 0.5) is 0 Å². The van der Waals surface area contributed by atoms with Gasteiger partial charge in [0.15, 0.2) is 0 Å². The average Bonchev–Trinajstić information content (AvgIpc) is 3.04. The Morgan fingerprint density at radius 1 is 1.35 bits per heavy atom. The van der Waals surface area contributed by atoms with E-state index < -0.39 is 0 Å². The normalized spacial score (nSPS) is 18.0. The molecular formula is C16H16ClN3O3. The number of hydrogen-bond donors (Lipinski definition) is 1. The van der Waals surface area contributed by atoms with Crippen LogP contribution in [0.5, 0.6) is 0 Å². The summed E-state index contributed by atoms with van der Waals surface area (Å²) in [6.45, 7) is 0.900. The van der Waals surface area contributed by atoms with Gasteiger partial charge < -0.3 is 15.2 Å². The third kappa shape index (κ3) is 3.37. The molecule has 1 fully saturated rings. The summed E-state index contributed by atoms with van der Waals surface area (Å²) in [6, 6.07) is 8.73.